The first-order valence-corrected chi connectivity index (χ1v) is 4.19. The van der Waals surface area contributed by atoms with Crippen LogP contribution >= 0.6 is 0 Å². The molecule has 0 bridgehead atoms. The van der Waals surface area contributed by atoms with Gasteiger partial charge in [0.25, 0.3) is 0 Å². The van der Waals surface area contributed by atoms with Crippen LogP contribution in [0.15, 0.2) is 24.7 Å². The van der Waals surface area contributed by atoms with E-state index >= 15 is 0 Å². The van der Waals surface area contributed by atoms with Gasteiger partial charge in [-0.15, -0.1) is 5.10 Å². The van der Waals surface area contributed by atoms with Gasteiger partial charge in [-0.2, -0.15) is 0 Å². The third-order valence-corrected chi connectivity index (χ3v) is 1.78. The van der Waals surface area contributed by atoms with Gasteiger partial charge < -0.3 is 5.11 Å². The van der Waals surface area contributed by atoms with E-state index in [0.29, 0.717) is 6.42 Å². The standard InChI is InChI=1S/C8H9N5O/c14-4-2-7-5-8(1-3-9-7)13-6-10-11-12-13/h1,3,5-6,14H,2,4H2. The molecule has 0 aliphatic rings. The van der Waals surface area contributed by atoms with Gasteiger partial charge in [0.15, 0.2) is 0 Å². The van der Waals surface area contributed by atoms with Crippen LogP contribution in [0.2, 0.25) is 0 Å². The molecule has 0 aromatic carbocycles. The number of aromatic nitrogens is 5. The van der Waals surface area contributed by atoms with E-state index in [4.69, 9.17) is 5.11 Å². The van der Waals surface area contributed by atoms with E-state index in [1.54, 1.807) is 16.9 Å². The molecule has 0 radical (unpaired) electrons. The number of rotatable bonds is 3. The molecule has 2 aromatic rings. The summed E-state index contributed by atoms with van der Waals surface area (Å²) in [5.74, 6) is 0. The predicted octanol–water partition coefficient (Wildman–Crippen LogP) is -0.408. The highest BCUT2D eigenvalue weighted by atomic mass is 16.3. The Hall–Kier alpha value is -1.82. The second kappa shape index (κ2) is 3.93. The molecular formula is C8H9N5O. The van der Waals surface area contributed by atoms with Crippen LogP contribution in [0.5, 0.6) is 0 Å². The number of hydrogen-bond donors (Lipinski definition) is 1. The van der Waals surface area contributed by atoms with Gasteiger partial charge >= 0.3 is 0 Å². The van der Waals surface area contributed by atoms with Crippen LogP contribution in [0.1, 0.15) is 5.69 Å². The monoisotopic (exact) mass is 191 g/mol. The average molecular weight is 191 g/mol. The minimum atomic E-state index is 0.0893. The maximum absolute atomic E-state index is 8.75. The predicted molar refractivity (Wildman–Crippen MR) is 47.7 cm³/mol. The summed E-state index contributed by atoms with van der Waals surface area (Å²) in [4.78, 5) is 4.10. The second-order valence-electron chi connectivity index (χ2n) is 2.73. The Morgan fingerprint density at radius 3 is 3.07 bits per heavy atom. The Balaban J connectivity index is 2.31. The molecule has 0 aliphatic heterocycles. The molecule has 1 N–H and O–H groups in total. The lowest BCUT2D eigenvalue weighted by molar-refractivity contribution is 0.298. The zero-order chi connectivity index (χ0) is 9.80. The fourth-order valence-electron chi connectivity index (χ4n) is 1.14. The van der Waals surface area contributed by atoms with Crippen LogP contribution in [-0.2, 0) is 6.42 Å². The number of tetrazole rings is 1. The van der Waals surface area contributed by atoms with Gasteiger partial charge in [0.2, 0.25) is 0 Å². The van der Waals surface area contributed by atoms with Crippen molar-refractivity contribution in [1.82, 2.24) is 25.2 Å². The summed E-state index contributed by atoms with van der Waals surface area (Å²) in [6.07, 6.45) is 3.72. The molecule has 0 unspecified atom stereocenters. The third kappa shape index (κ3) is 1.74. The summed E-state index contributed by atoms with van der Waals surface area (Å²) in [6.45, 7) is 0.0893. The third-order valence-electron chi connectivity index (χ3n) is 1.78. The van der Waals surface area contributed by atoms with E-state index in [-0.39, 0.29) is 6.61 Å². The summed E-state index contributed by atoms with van der Waals surface area (Å²) in [7, 11) is 0. The lowest BCUT2D eigenvalue weighted by Crippen LogP contribution is -1.99. The molecule has 0 saturated carbocycles. The van der Waals surface area contributed by atoms with E-state index in [1.165, 1.54) is 6.33 Å². The first kappa shape index (κ1) is 8.76. The van der Waals surface area contributed by atoms with Crippen LogP contribution in [0, 0.1) is 0 Å². The summed E-state index contributed by atoms with van der Waals surface area (Å²) in [5, 5.41) is 19.6. The molecule has 6 nitrogen and oxygen atoms in total. The molecule has 0 amide bonds. The van der Waals surface area contributed by atoms with Gasteiger partial charge in [0, 0.05) is 24.9 Å². The molecule has 2 heterocycles. The van der Waals surface area contributed by atoms with Crippen molar-refractivity contribution in [2.24, 2.45) is 0 Å². The quantitative estimate of drug-likeness (QED) is 0.713. The van der Waals surface area contributed by atoms with E-state index in [9.17, 15) is 0 Å². The molecule has 0 aliphatic carbocycles. The Morgan fingerprint density at radius 1 is 1.43 bits per heavy atom. The maximum Gasteiger partial charge on any atom is 0.143 e. The number of hydrogen-bond acceptors (Lipinski definition) is 5. The number of nitrogens with zero attached hydrogens (tertiary/aromatic N) is 5. The van der Waals surface area contributed by atoms with Crippen molar-refractivity contribution in [3.63, 3.8) is 0 Å². The highest BCUT2D eigenvalue weighted by Crippen LogP contribution is 2.05. The van der Waals surface area contributed by atoms with Gasteiger partial charge in [-0.3, -0.25) is 4.98 Å². The molecular weight excluding hydrogens is 182 g/mol. The van der Waals surface area contributed by atoms with Crippen LogP contribution in [-0.4, -0.2) is 36.9 Å². The lowest BCUT2D eigenvalue weighted by Gasteiger charge is -2.01. The topological polar surface area (TPSA) is 76.7 Å². The smallest absolute Gasteiger partial charge is 0.143 e. The lowest BCUT2D eigenvalue weighted by atomic mass is 10.2. The zero-order valence-electron chi connectivity index (χ0n) is 7.41. The van der Waals surface area contributed by atoms with Crippen molar-refractivity contribution in [1.29, 1.82) is 0 Å². The zero-order valence-corrected chi connectivity index (χ0v) is 7.41. The molecule has 0 spiro atoms. The van der Waals surface area contributed by atoms with Crippen LogP contribution in [0.3, 0.4) is 0 Å². The van der Waals surface area contributed by atoms with Gasteiger partial charge in [-0.25, -0.2) is 4.68 Å². The van der Waals surface area contributed by atoms with Crippen molar-refractivity contribution in [2.45, 2.75) is 6.42 Å². The molecule has 2 aromatic heterocycles. The first-order chi connectivity index (χ1) is 6.90. The number of pyridine rings is 1. The second-order valence-corrected chi connectivity index (χ2v) is 2.73. The molecule has 0 saturated heterocycles. The largest absolute Gasteiger partial charge is 0.396 e. The van der Waals surface area contributed by atoms with E-state index < -0.39 is 0 Å². The number of aliphatic hydroxyl groups excluding tert-OH is 1. The molecule has 0 atom stereocenters. The van der Waals surface area contributed by atoms with Crippen LogP contribution in [0.25, 0.3) is 5.69 Å². The minimum absolute atomic E-state index is 0.0893. The Labute approximate surface area is 80.2 Å². The Kier molecular flexibility index (Phi) is 2.46. The van der Waals surface area contributed by atoms with Crippen molar-refractivity contribution >= 4 is 0 Å². The Morgan fingerprint density at radius 2 is 2.36 bits per heavy atom. The Bertz CT molecular complexity index is 400. The van der Waals surface area contributed by atoms with Crippen LogP contribution in [0.4, 0.5) is 0 Å². The summed E-state index contributed by atoms with van der Waals surface area (Å²) < 4.78 is 1.54. The molecule has 14 heavy (non-hydrogen) atoms. The van der Waals surface area contributed by atoms with E-state index in [2.05, 4.69) is 20.5 Å². The summed E-state index contributed by atoms with van der Waals surface area (Å²) in [6, 6.07) is 3.64. The van der Waals surface area contributed by atoms with Crippen molar-refractivity contribution in [2.75, 3.05) is 6.61 Å². The van der Waals surface area contributed by atoms with E-state index in [1.807, 2.05) is 6.07 Å². The normalized spacial score (nSPS) is 10.4. The average Bonchev–Trinajstić information content (AvgIpc) is 2.71. The van der Waals surface area contributed by atoms with Crippen molar-refractivity contribution in [3.8, 4) is 5.69 Å². The van der Waals surface area contributed by atoms with Crippen molar-refractivity contribution in [3.05, 3.63) is 30.4 Å². The maximum atomic E-state index is 8.75. The van der Waals surface area contributed by atoms with Gasteiger partial charge in [-0.05, 0) is 22.6 Å². The van der Waals surface area contributed by atoms with Gasteiger partial charge in [0.1, 0.15) is 6.33 Å². The van der Waals surface area contributed by atoms with Gasteiger partial charge in [-0.1, -0.05) is 0 Å². The number of aliphatic hydroxyl groups is 1. The molecule has 6 heteroatoms. The van der Waals surface area contributed by atoms with Crippen molar-refractivity contribution < 1.29 is 5.11 Å². The highest BCUT2D eigenvalue weighted by Gasteiger charge is 1.99. The summed E-state index contributed by atoms with van der Waals surface area (Å²) >= 11 is 0. The van der Waals surface area contributed by atoms with Gasteiger partial charge in [0.05, 0.1) is 5.69 Å². The van der Waals surface area contributed by atoms with E-state index in [0.717, 1.165) is 11.4 Å². The summed E-state index contributed by atoms with van der Waals surface area (Å²) in [5.41, 5.74) is 1.66. The minimum Gasteiger partial charge on any atom is -0.396 e. The SMILES string of the molecule is OCCc1cc(-n2cnnn2)ccn1. The molecule has 0 fully saturated rings. The first-order valence-electron chi connectivity index (χ1n) is 4.19. The fraction of sp³-hybridized carbons (Fsp3) is 0.250. The molecule has 72 valence electrons. The highest BCUT2D eigenvalue weighted by molar-refractivity contribution is 5.30. The fourth-order valence-corrected chi connectivity index (χ4v) is 1.14. The van der Waals surface area contributed by atoms with Crippen LogP contribution < -0.4 is 0 Å². The molecule has 2 rings (SSSR count).